The van der Waals surface area contributed by atoms with Crippen LogP contribution in [0.3, 0.4) is 0 Å². The number of nitrogens with one attached hydrogen (secondary N) is 1. The maximum atomic E-state index is 13.8. The number of nitrogens with zero attached hydrogens (tertiary/aromatic N) is 2. The summed E-state index contributed by atoms with van der Waals surface area (Å²) in [7, 11) is 0. The van der Waals surface area contributed by atoms with E-state index in [4.69, 9.17) is 9.26 Å². The standard InChI is InChI=1S/C25H33N3O4S.BrH/c1-18-15-22(27-32-18)26-23(29)17-28-12-8-19(9-13-28)20(16-28)31-24(30)25(21-7-6-14-33-21)10-4-2-3-5-11-25;/h6-7,14-15,19-20H,2-5,8-13,16-17H2,1H3;1H/t19?,20-,28?;/m0./s1. The van der Waals surface area contributed by atoms with E-state index >= 15 is 0 Å². The third kappa shape index (κ3) is 5.11. The molecule has 1 aliphatic carbocycles. The zero-order valence-corrected chi connectivity index (χ0v) is 22.2. The maximum Gasteiger partial charge on any atom is 0.317 e. The molecule has 2 aromatic rings. The summed E-state index contributed by atoms with van der Waals surface area (Å²) in [5.74, 6) is 1.43. The van der Waals surface area contributed by atoms with Crippen molar-refractivity contribution in [2.45, 2.75) is 69.8 Å². The number of amides is 1. The van der Waals surface area contributed by atoms with Crippen LogP contribution in [0.2, 0.25) is 0 Å². The van der Waals surface area contributed by atoms with E-state index in [0.29, 0.717) is 28.5 Å². The lowest BCUT2D eigenvalue weighted by Crippen LogP contribution is -3.00. The highest BCUT2D eigenvalue weighted by Crippen LogP contribution is 2.43. The van der Waals surface area contributed by atoms with Gasteiger partial charge in [0.25, 0.3) is 5.91 Å². The number of carbonyl (C=O) groups excluding carboxylic acids is 2. The number of ether oxygens (including phenoxy) is 1. The number of halogens is 1. The number of thiophene rings is 1. The average molecular weight is 553 g/mol. The van der Waals surface area contributed by atoms with Gasteiger partial charge in [-0.05, 0) is 31.2 Å². The molecule has 4 fully saturated rings. The van der Waals surface area contributed by atoms with E-state index in [1.54, 1.807) is 24.3 Å². The molecule has 3 saturated heterocycles. The van der Waals surface area contributed by atoms with Crippen LogP contribution in [-0.4, -0.2) is 53.8 Å². The number of rotatable bonds is 6. The van der Waals surface area contributed by atoms with E-state index < -0.39 is 5.41 Å². The van der Waals surface area contributed by atoms with Gasteiger partial charge in [-0.3, -0.25) is 9.59 Å². The number of hydrogen-bond acceptors (Lipinski definition) is 6. The minimum atomic E-state index is -0.496. The molecule has 2 aromatic heterocycles. The van der Waals surface area contributed by atoms with Crippen LogP contribution in [0, 0.1) is 12.8 Å². The van der Waals surface area contributed by atoms with Gasteiger partial charge in [0, 0.05) is 29.7 Å². The second kappa shape index (κ2) is 10.5. The first kappa shape index (κ1) is 25.4. The van der Waals surface area contributed by atoms with Crippen molar-refractivity contribution in [2.75, 3.05) is 31.5 Å². The van der Waals surface area contributed by atoms with Gasteiger partial charge in [0.1, 0.15) is 17.7 Å². The summed E-state index contributed by atoms with van der Waals surface area (Å²) in [6.07, 6.45) is 8.17. The maximum absolute atomic E-state index is 13.8. The molecule has 9 heteroatoms. The number of piperidine rings is 3. The molecule has 1 saturated carbocycles. The lowest BCUT2D eigenvalue weighted by Gasteiger charge is -2.51. The number of aromatic nitrogens is 1. The first-order valence-electron chi connectivity index (χ1n) is 12.3. The Balaban J connectivity index is 0.00000274. The van der Waals surface area contributed by atoms with Gasteiger partial charge in [0.15, 0.2) is 18.5 Å². The van der Waals surface area contributed by atoms with Crippen molar-refractivity contribution in [1.29, 1.82) is 0 Å². The van der Waals surface area contributed by atoms with Gasteiger partial charge in [-0.25, -0.2) is 0 Å². The zero-order chi connectivity index (χ0) is 22.9. The SMILES string of the molecule is Cc1cc(NC(=O)C[N+]23CCC(CC2)[C@@H](OC(=O)C2(c4cccs4)CCCCCC2)C3)no1.[Br-]. The first-order valence-corrected chi connectivity index (χ1v) is 13.2. The van der Waals surface area contributed by atoms with Crippen LogP contribution in [-0.2, 0) is 19.7 Å². The van der Waals surface area contributed by atoms with Crippen LogP contribution in [0.15, 0.2) is 28.1 Å². The van der Waals surface area contributed by atoms with Gasteiger partial charge in [-0.2, -0.15) is 0 Å². The molecular formula is C25H34BrN3O4S. The number of esters is 1. The normalized spacial score (nSPS) is 27.9. The van der Waals surface area contributed by atoms with E-state index in [1.165, 1.54) is 12.8 Å². The Morgan fingerprint density at radius 3 is 2.59 bits per heavy atom. The molecule has 5 heterocycles. The van der Waals surface area contributed by atoms with Crippen molar-refractivity contribution in [3.63, 3.8) is 0 Å². The highest BCUT2D eigenvalue weighted by molar-refractivity contribution is 7.10. The molecule has 4 aliphatic rings. The van der Waals surface area contributed by atoms with Gasteiger partial charge in [0.05, 0.1) is 13.1 Å². The fraction of sp³-hybridized carbons (Fsp3) is 0.640. The molecule has 3 aliphatic heterocycles. The third-order valence-electron chi connectivity index (χ3n) is 8.02. The summed E-state index contributed by atoms with van der Waals surface area (Å²) in [5.41, 5.74) is -0.496. The molecule has 1 amide bonds. The van der Waals surface area contributed by atoms with E-state index in [-0.39, 0.29) is 35.0 Å². The van der Waals surface area contributed by atoms with E-state index in [0.717, 1.165) is 63.0 Å². The van der Waals surface area contributed by atoms with Crippen molar-refractivity contribution < 1.29 is 40.3 Å². The van der Waals surface area contributed by atoms with E-state index in [9.17, 15) is 9.59 Å². The minimum absolute atomic E-state index is 0. The van der Waals surface area contributed by atoms with Crippen molar-refractivity contribution in [1.82, 2.24) is 5.16 Å². The first-order chi connectivity index (χ1) is 16.0. The number of hydrogen-bond donors (Lipinski definition) is 1. The molecular weight excluding hydrogens is 518 g/mol. The monoisotopic (exact) mass is 551 g/mol. The van der Waals surface area contributed by atoms with Crippen LogP contribution < -0.4 is 22.3 Å². The molecule has 2 bridgehead atoms. The van der Waals surface area contributed by atoms with Crippen molar-refractivity contribution >= 4 is 29.0 Å². The smallest absolute Gasteiger partial charge is 0.317 e. The molecule has 0 spiro atoms. The van der Waals surface area contributed by atoms with Gasteiger partial charge >= 0.3 is 5.97 Å². The number of fused-ring (bicyclic) bond motifs is 3. The zero-order valence-electron chi connectivity index (χ0n) is 19.8. The number of carbonyl (C=O) groups is 2. The summed E-state index contributed by atoms with van der Waals surface area (Å²) >= 11 is 1.68. The largest absolute Gasteiger partial charge is 1.00 e. The highest BCUT2D eigenvalue weighted by Gasteiger charge is 2.51. The van der Waals surface area contributed by atoms with Gasteiger partial charge in [0.2, 0.25) is 0 Å². The predicted octanol–water partition coefficient (Wildman–Crippen LogP) is 1.43. The Morgan fingerprint density at radius 1 is 1.24 bits per heavy atom. The molecule has 186 valence electrons. The van der Waals surface area contributed by atoms with E-state index in [2.05, 4.69) is 21.9 Å². The summed E-state index contributed by atoms with van der Waals surface area (Å²) < 4.78 is 12.1. The molecule has 7 nitrogen and oxygen atoms in total. The molecule has 6 rings (SSSR count). The molecule has 0 unspecified atom stereocenters. The van der Waals surface area contributed by atoms with Crippen molar-refractivity contribution in [2.24, 2.45) is 5.92 Å². The Labute approximate surface area is 215 Å². The van der Waals surface area contributed by atoms with Gasteiger partial charge < -0.3 is 36.0 Å². The lowest BCUT2D eigenvalue weighted by atomic mass is 9.78. The fourth-order valence-corrected chi connectivity index (χ4v) is 7.15. The predicted molar refractivity (Wildman–Crippen MR) is 126 cm³/mol. The average Bonchev–Trinajstić information content (AvgIpc) is 3.41. The van der Waals surface area contributed by atoms with Crippen LogP contribution >= 0.6 is 11.3 Å². The number of quaternary nitrogens is 1. The van der Waals surface area contributed by atoms with Crippen LogP contribution in [0.5, 0.6) is 0 Å². The summed E-state index contributed by atoms with van der Waals surface area (Å²) in [4.78, 5) is 27.7. The Kier molecular flexibility index (Phi) is 7.84. The Bertz CT molecular complexity index is 976. The van der Waals surface area contributed by atoms with Gasteiger partial charge in [-0.1, -0.05) is 36.9 Å². The summed E-state index contributed by atoms with van der Waals surface area (Å²) in [6.45, 7) is 4.82. The second-order valence-electron chi connectivity index (χ2n) is 10.3. The quantitative estimate of drug-likeness (QED) is 0.333. The summed E-state index contributed by atoms with van der Waals surface area (Å²) in [5, 5.41) is 8.80. The Morgan fingerprint density at radius 2 is 1.97 bits per heavy atom. The van der Waals surface area contributed by atoms with Gasteiger partial charge in [-0.15, -0.1) is 11.3 Å². The number of aryl methyl sites for hydroxylation is 1. The van der Waals surface area contributed by atoms with Crippen LogP contribution in [0.4, 0.5) is 5.82 Å². The lowest BCUT2D eigenvalue weighted by molar-refractivity contribution is -0.939. The van der Waals surface area contributed by atoms with Crippen LogP contribution in [0.25, 0.3) is 0 Å². The highest BCUT2D eigenvalue weighted by atomic mass is 79.9. The molecule has 1 N–H and O–H groups in total. The fourth-order valence-electron chi connectivity index (χ4n) is 6.17. The molecule has 0 radical (unpaired) electrons. The molecule has 0 aromatic carbocycles. The summed E-state index contributed by atoms with van der Waals surface area (Å²) in [6, 6.07) is 5.88. The topological polar surface area (TPSA) is 81.4 Å². The van der Waals surface area contributed by atoms with Crippen molar-refractivity contribution in [3.05, 3.63) is 34.2 Å². The van der Waals surface area contributed by atoms with E-state index in [1.807, 2.05) is 6.07 Å². The second-order valence-corrected chi connectivity index (χ2v) is 11.2. The Hall–Kier alpha value is -1.71. The van der Waals surface area contributed by atoms with Crippen molar-refractivity contribution in [3.8, 4) is 0 Å². The molecule has 1 atom stereocenters. The van der Waals surface area contributed by atoms with Crippen LogP contribution in [0.1, 0.15) is 62.0 Å². The molecule has 34 heavy (non-hydrogen) atoms. The minimum Gasteiger partial charge on any atom is -1.00 e. The third-order valence-corrected chi connectivity index (χ3v) is 9.09. The number of anilines is 1.